The van der Waals surface area contributed by atoms with Gasteiger partial charge in [0.05, 0.1) is 6.10 Å². The SMILES string of the molecule is CC(C)Oc1cc(C(F)(F)F)nc(N)n1. The Bertz CT molecular complexity index is 351. The van der Waals surface area contributed by atoms with E-state index in [2.05, 4.69) is 9.97 Å². The van der Waals surface area contributed by atoms with E-state index in [0.29, 0.717) is 0 Å². The number of nitrogens with zero attached hydrogens (tertiary/aromatic N) is 2. The fourth-order valence-electron chi connectivity index (χ4n) is 0.890. The first-order valence-corrected chi connectivity index (χ1v) is 4.17. The average molecular weight is 221 g/mol. The van der Waals surface area contributed by atoms with Crippen LogP contribution in [-0.2, 0) is 6.18 Å². The minimum Gasteiger partial charge on any atom is -0.475 e. The molecule has 0 fully saturated rings. The van der Waals surface area contributed by atoms with Crippen LogP contribution in [0.4, 0.5) is 19.1 Å². The van der Waals surface area contributed by atoms with E-state index < -0.39 is 17.8 Å². The van der Waals surface area contributed by atoms with Crippen molar-refractivity contribution in [1.82, 2.24) is 9.97 Å². The van der Waals surface area contributed by atoms with Crippen molar-refractivity contribution in [3.05, 3.63) is 11.8 Å². The molecule has 0 aliphatic heterocycles. The van der Waals surface area contributed by atoms with Crippen LogP contribution in [0.3, 0.4) is 0 Å². The second-order valence-electron chi connectivity index (χ2n) is 3.11. The lowest BCUT2D eigenvalue weighted by molar-refractivity contribution is -0.141. The summed E-state index contributed by atoms with van der Waals surface area (Å²) in [7, 11) is 0. The van der Waals surface area contributed by atoms with Crippen molar-refractivity contribution in [2.24, 2.45) is 0 Å². The van der Waals surface area contributed by atoms with Gasteiger partial charge in [-0.15, -0.1) is 0 Å². The summed E-state index contributed by atoms with van der Waals surface area (Å²) in [6, 6.07) is 0.719. The second kappa shape index (κ2) is 3.92. The minimum absolute atomic E-state index is 0.176. The molecule has 7 heteroatoms. The molecule has 0 spiro atoms. The Balaban J connectivity index is 3.06. The predicted molar refractivity (Wildman–Crippen MR) is 47.2 cm³/mol. The van der Waals surface area contributed by atoms with Gasteiger partial charge >= 0.3 is 6.18 Å². The van der Waals surface area contributed by atoms with Crippen molar-refractivity contribution in [3.8, 4) is 5.88 Å². The van der Waals surface area contributed by atoms with E-state index in [9.17, 15) is 13.2 Å². The Morgan fingerprint density at radius 3 is 2.40 bits per heavy atom. The van der Waals surface area contributed by atoms with Gasteiger partial charge in [-0.1, -0.05) is 0 Å². The van der Waals surface area contributed by atoms with Crippen LogP contribution in [0.5, 0.6) is 5.88 Å². The smallest absolute Gasteiger partial charge is 0.433 e. The normalized spacial score (nSPS) is 11.9. The van der Waals surface area contributed by atoms with Crippen LogP contribution in [0.1, 0.15) is 19.5 Å². The number of ether oxygens (including phenoxy) is 1. The quantitative estimate of drug-likeness (QED) is 0.828. The van der Waals surface area contributed by atoms with E-state index in [1.807, 2.05) is 0 Å². The number of nitrogens with two attached hydrogens (primary N) is 1. The number of hydrogen-bond donors (Lipinski definition) is 1. The highest BCUT2D eigenvalue weighted by Crippen LogP contribution is 2.29. The topological polar surface area (TPSA) is 61.0 Å². The third kappa shape index (κ3) is 3.26. The van der Waals surface area contributed by atoms with Crippen molar-refractivity contribution in [1.29, 1.82) is 0 Å². The lowest BCUT2D eigenvalue weighted by Crippen LogP contribution is -2.14. The van der Waals surface area contributed by atoms with Crippen LogP contribution in [0, 0.1) is 0 Å². The van der Waals surface area contributed by atoms with Gasteiger partial charge in [0, 0.05) is 6.07 Å². The van der Waals surface area contributed by atoms with E-state index in [-0.39, 0.29) is 12.0 Å². The largest absolute Gasteiger partial charge is 0.475 e. The molecule has 0 radical (unpaired) electrons. The number of rotatable bonds is 2. The van der Waals surface area contributed by atoms with Crippen molar-refractivity contribution in [3.63, 3.8) is 0 Å². The highest BCUT2D eigenvalue weighted by Gasteiger charge is 2.33. The van der Waals surface area contributed by atoms with Gasteiger partial charge in [-0.25, -0.2) is 4.98 Å². The van der Waals surface area contributed by atoms with Crippen molar-refractivity contribution >= 4 is 5.95 Å². The molecule has 0 saturated carbocycles. The average Bonchev–Trinajstić information content (AvgIpc) is 1.99. The van der Waals surface area contributed by atoms with E-state index in [1.54, 1.807) is 13.8 Å². The molecule has 2 N–H and O–H groups in total. The first-order valence-electron chi connectivity index (χ1n) is 4.17. The van der Waals surface area contributed by atoms with Crippen LogP contribution in [0.25, 0.3) is 0 Å². The van der Waals surface area contributed by atoms with Gasteiger partial charge < -0.3 is 10.5 Å². The van der Waals surface area contributed by atoms with Crippen LogP contribution >= 0.6 is 0 Å². The first-order chi connectivity index (χ1) is 6.79. The van der Waals surface area contributed by atoms with Gasteiger partial charge in [-0.2, -0.15) is 18.2 Å². The van der Waals surface area contributed by atoms with Gasteiger partial charge in [0.1, 0.15) is 0 Å². The minimum atomic E-state index is -4.55. The second-order valence-corrected chi connectivity index (χ2v) is 3.11. The van der Waals surface area contributed by atoms with Gasteiger partial charge in [0.2, 0.25) is 11.8 Å². The highest BCUT2D eigenvalue weighted by atomic mass is 19.4. The molecular weight excluding hydrogens is 211 g/mol. The van der Waals surface area contributed by atoms with Gasteiger partial charge in [-0.3, -0.25) is 0 Å². The van der Waals surface area contributed by atoms with Crippen LogP contribution in [-0.4, -0.2) is 16.1 Å². The monoisotopic (exact) mass is 221 g/mol. The summed E-state index contributed by atoms with van der Waals surface area (Å²) in [4.78, 5) is 6.61. The molecule has 15 heavy (non-hydrogen) atoms. The molecule has 84 valence electrons. The van der Waals surface area contributed by atoms with Gasteiger partial charge in [0.15, 0.2) is 5.69 Å². The molecule has 4 nitrogen and oxygen atoms in total. The van der Waals surface area contributed by atoms with E-state index in [0.717, 1.165) is 6.07 Å². The van der Waals surface area contributed by atoms with Crippen LogP contribution < -0.4 is 10.5 Å². The Labute approximate surface area is 84.3 Å². The fourth-order valence-corrected chi connectivity index (χ4v) is 0.890. The maximum atomic E-state index is 12.3. The van der Waals surface area contributed by atoms with E-state index >= 15 is 0 Å². The van der Waals surface area contributed by atoms with Crippen LogP contribution in [0.2, 0.25) is 0 Å². The summed E-state index contributed by atoms with van der Waals surface area (Å²) < 4.78 is 41.9. The van der Waals surface area contributed by atoms with Gasteiger partial charge in [-0.05, 0) is 13.8 Å². The zero-order valence-corrected chi connectivity index (χ0v) is 8.17. The molecule has 0 aliphatic rings. The summed E-state index contributed by atoms with van der Waals surface area (Å²) in [5.74, 6) is -0.634. The zero-order valence-electron chi connectivity index (χ0n) is 8.17. The van der Waals surface area contributed by atoms with Gasteiger partial charge in [0.25, 0.3) is 0 Å². The molecule has 0 unspecified atom stereocenters. The Morgan fingerprint density at radius 2 is 1.93 bits per heavy atom. The number of hydrogen-bond acceptors (Lipinski definition) is 4. The fraction of sp³-hybridized carbons (Fsp3) is 0.500. The molecule has 1 aromatic rings. The summed E-state index contributed by atoms with van der Waals surface area (Å²) >= 11 is 0. The molecule has 0 aromatic carbocycles. The van der Waals surface area contributed by atoms with Crippen molar-refractivity contribution < 1.29 is 17.9 Å². The molecule has 1 aromatic heterocycles. The number of aromatic nitrogens is 2. The van der Waals surface area contributed by atoms with E-state index in [4.69, 9.17) is 10.5 Å². The Kier molecular flexibility index (Phi) is 3.01. The third-order valence-corrected chi connectivity index (χ3v) is 1.37. The number of alkyl halides is 3. The summed E-state index contributed by atoms with van der Waals surface area (Å²) in [5, 5.41) is 0. The first kappa shape index (κ1) is 11.5. The molecule has 0 aliphatic carbocycles. The Morgan fingerprint density at radius 1 is 1.33 bits per heavy atom. The Hall–Kier alpha value is -1.53. The molecule has 0 bridgehead atoms. The van der Waals surface area contributed by atoms with Crippen molar-refractivity contribution in [2.75, 3.05) is 5.73 Å². The van der Waals surface area contributed by atoms with Crippen LogP contribution in [0.15, 0.2) is 6.07 Å². The summed E-state index contributed by atoms with van der Waals surface area (Å²) in [6.07, 6.45) is -4.83. The lowest BCUT2D eigenvalue weighted by atomic mass is 10.4. The highest BCUT2D eigenvalue weighted by molar-refractivity contribution is 5.27. The molecule has 1 rings (SSSR count). The predicted octanol–water partition coefficient (Wildman–Crippen LogP) is 1.86. The standard InChI is InChI=1S/C8H10F3N3O/c1-4(2)15-6-3-5(8(9,10)11)13-7(12)14-6/h3-4H,1-2H3,(H2,12,13,14). The number of nitrogen functional groups attached to an aromatic ring is 1. The summed E-state index contributed by atoms with van der Waals surface area (Å²) in [6.45, 7) is 3.34. The maximum Gasteiger partial charge on any atom is 0.433 e. The molecule has 1 heterocycles. The zero-order chi connectivity index (χ0) is 11.6. The van der Waals surface area contributed by atoms with E-state index in [1.165, 1.54) is 0 Å². The maximum absolute atomic E-state index is 12.3. The molecule has 0 atom stereocenters. The third-order valence-electron chi connectivity index (χ3n) is 1.37. The summed E-state index contributed by atoms with van der Waals surface area (Å²) in [5.41, 5.74) is 4.02. The number of halogens is 3. The molecule has 0 saturated heterocycles. The molecule has 0 amide bonds. The molecular formula is C8H10F3N3O. The van der Waals surface area contributed by atoms with Crippen molar-refractivity contribution in [2.45, 2.75) is 26.1 Å². The number of anilines is 1. The lowest BCUT2D eigenvalue weighted by Gasteiger charge is -2.11.